The van der Waals surface area contributed by atoms with Crippen LogP contribution in [0.5, 0.6) is 0 Å². The second kappa shape index (κ2) is 5.44. The van der Waals surface area contributed by atoms with Crippen LogP contribution in [-0.2, 0) is 4.79 Å². The number of nitrogen functional groups attached to an aromatic ring is 1. The van der Waals surface area contributed by atoms with E-state index in [4.69, 9.17) is 5.73 Å². The summed E-state index contributed by atoms with van der Waals surface area (Å²) in [4.78, 5) is 21.6. The standard InChI is InChI=1S/C17H13AsN5O/c18-23-9-8-20-10-14(23)15(11-4-3-5-11)22-16(23)17(24)21-13-7-2-1-6-12(13)19/h1-10H,19H2,(H,21,24)/q+1. The Morgan fingerprint density at radius 3 is 2.79 bits per heavy atom. The molecule has 3 aliphatic rings. The third kappa shape index (κ3) is 2.19. The number of hydrogen-bond acceptors (Lipinski definition) is 4. The number of carbonyl (C=O) groups is 1. The molecule has 4 rings (SSSR count). The molecule has 24 heavy (non-hydrogen) atoms. The predicted octanol–water partition coefficient (Wildman–Crippen LogP) is 1.78. The fourth-order valence-electron chi connectivity index (χ4n) is 2.62. The van der Waals surface area contributed by atoms with Gasteiger partial charge in [-0.05, 0) is 0 Å². The molecule has 6 nitrogen and oxygen atoms in total. The van der Waals surface area contributed by atoms with Crippen LogP contribution in [0, 0.1) is 0 Å². The van der Waals surface area contributed by atoms with Gasteiger partial charge >= 0.3 is 148 Å². The number of anilines is 2. The third-order valence-corrected chi connectivity index (χ3v) is 5.08. The molecule has 116 valence electrons. The number of fused-ring (bicyclic) bond motifs is 1. The summed E-state index contributed by atoms with van der Waals surface area (Å²) in [7, 11) is 0. The average Bonchev–Trinajstić information content (AvgIpc) is 2.81. The molecule has 0 spiro atoms. The maximum absolute atomic E-state index is 12.8. The first kappa shape index (κ1) is 14.9. The third-order valence-electron chi connectivity index (χ3n) is 3.95. The number of allylic oxidation sites excluding steroid dienone is 4. The van der Waals surface area contributed by atoms with Crippen molar-refractivity contribution in [2.45, 2.75) is 0 Å². The second-order valence-corrected chi connectivity index (χ2v) is 6.78. The number of carbonyl (C=O) groups excluding carboxylic acids is 1. The molecule has 7 heteroatoms. The van der Waals surface area contributed by atoms with Crippen molar-refractivity contribution in [2.75, 3.05) is 11.1 Å². The van der Waals surface area contributed by atoms with Crippen LogP contribution in [0.3, 0.4) is 0 Å². The molecule has 2 radical (unpaired) electrons. The molecule has 0 fully saturated rings. The maximum atomic E-state index is 12.8. The van der Waals surface area contributed by atoms with Gasteiger partial charge in [0.1, 0.15) is 0 Å². The van der Waals surface area contributed by atoms with E-state index in [-0.39, 0.29) is 9.31 Å². The molecule has 0 saturated carbocycles. The van der Waals surface area contributed by atoms with E-state index in [9.17, 15) is 4.79 Å². The second-order valence-electron chi connectivity index (χ2n) is 5.45. The van der Waals surface area contributed by atoms with Crippen molar-refractivity contribution < 1.29 is 8.19 Å². The van der Waals surface area contributed by atoms with Gasteiger partial charge in [-0.25, -0.2) is 0 Å². The van der Waals surface area contributed by atoms with E-state index in [0.717, 1.165) is 17.0 Å². The van der Waals surface area contributed by atoms with Crippen LogP contribution in [0.15, 0.2) is 81.8 Å². The van der Waals surface area contributed by atoms with Crippen LogP contribution in [0.4, 0.5) is 11.4 Å². The van der Waals surface area contributed by atoms with Crippen LogP contribution in [-0.4, -0.2) is 38.4 Å². The first-order valence-electron chi connectivity index (χ1n) is 7.31. The quantitative estimate of drug-likeness (QED) is 0.621. The summed E-state index contributed by atoms with van der Waals surface area (Å²) in [6.45, 7) is 0. The summed E-state index contributed by atoms with van der Waals surface area (Å²) in [6.07, 6.45) is 11.1. The van der Waals surface area contributed by atoms with E-state index in [1.54, 1.807) is 24.5 Å². The SMILES string of the molecule is Nc1ccccc1NC(=O)C1=NC(C2=CC=C2)=C2C=NC=C[N+]12[As]. The summed E-state index contributed by atoms with van der Waals surface area (Å²) < 4.78 is 0.121. The summed E-state index contributed by atoms with van der Waals surface area (Å²) in [5.41, 5.74) is 9.58. The monoisotopic (exact) mass is 378 g/mol. The van der Waals surface area contributed by atoms with Crippen molar-refractivity contribution in [3.8, 4) is 0 Å². The number of benzene rings is 1. The number of nitrogens with one attached hydrogen (secondary N) is 1. The minimum atomic E-state index is -0.301. The Balaban J connectivity index is 1.71. The Bertz CT molecular complexity index is 938. The van der Waals surface area contributed by atoms with Gasteiger partial charge in [0.25, 0.3) is 0 Å². The van der Waals surface area contributed by atoms with E-state index in [1.165, 1.54) is 0 Å². The van der Waals surface area contributed by atoms with E-state index in [2.05, 4.69) is 32.4 Å². The molecule has 0 bridgehead atoms. The summed E-state index contributed by atoms with van der Waals surface area (Å²) in [6, 6.07) is 7.14. The van der Waals surface area contributed by atoms with Crippen LogP contribution in [0.25, 0.3) is 0 Å². The summed E-state index contributed by atoms with van der Waals surface area (Å²) in [5, 5.41) is 2.84. The van der Waals surface area contributed by atoms with Gasteiger partial charge in [-0.2, -0.15) is 0 Å². The molecule has 3 N–H and O–H groups in total. The number of rotatable bonds is 3. The van der Waals surface area contributed by atoms with Gasteiger partial charge < -0.3 is 0 Å². The van der Waals surface area contributed by atoms with E-state index in [1.807, 2.05) is 36.6 Å². The Labute approximate surface area is 147 Å². The Morgan fingerprint density at radius 2 is 2.08 bits per heavy atom. The topological polar surface area (TPSA) is 79.8 Å². The van der Waals surface area contributed by atoms with Crippen molar-refractivity contribution in [1.82, 2.24) is 0 Å². The van der Waals surface area contributed by atoms with E-state index in [0.29, 0.717) is 17.2 Å². The fourth-order valence-corrected chi connectivity index (χ4v) is 3.34. The summed E-state index contributed by atoms with van der Waals surface area (Å²) in [5.74, 6) is 0.0525. The molecule has 2 heterocycles. The predicted molar refractivity (Wildman–Crippen MR) is 94.8 cm³/mol. The molecule has 1 aromatic carbocycles. The molecule has 1 unspecified atom stereocenters. The zero-order valence-electron chi connectivity index (χ0n) is 12.5. The molecular formula is C17H13AsN5O+. The number of nitrogens with zero attached hydrogens (tertiary/aromatic N) is 3. The van der Waals surface area contributed by atoms with Crippen LogP contribution < -0.4 is 11.1 Å². The van der Waals surface area contributed by atoms with Gasteiger partial charge in [0.05, 0.1) is 0 Å². The molecule has 2 aliphatic heterocycles. The Morgan fingerprint density at radius 1 is 1.29 bits per heavy atom. The number of amidine groups is 1. The zero-order chi connectivity index (χ0) is 16.7. The van der Waals surface area contributed by atoms with Crippen molar-refractivity contribution in [2.24, 2.45) is 9.98 Å². The Hall–Kier alpha value is -2.69. The van der Waals surface area contributed by atoms with E-state index >= 15 is 0 Å². The van der Waals surface area contributed by atoms with Gasteiger partial charge in [0.2, 0.25) is 0 Å². The zero-order valence-corrected chi connectivity index (χ0v) is 14.4. The van der Waals surface area contributed by atoms with Crippen LogP contribution in [0.1, 0.15) is 0 Å². The number of para-hydroxylation sites is 2. The van der Waals surface area contributed by atoms with Gasteiger partial charge in [-0.1, -0.05) is 0 Å². The first-order valence-corrected chi connectivity index (χ1v) is 8.14. The number of aliphatic imine (C=N–C) groups is 2. The molecule has 1 atom stereocenters. The fraction of sp³-hybridized carbons (Fsp3) is 0. The Kier molecular flexibility index (Phi) is 3.37. The van der Waals surface area contributed by atoms with Gasteiger partial charge in [-0.3, -0.25) is 0 Å². The minimum absolute atomic E-state index is 0.121. The van der Waals surface area contributed by atoms with Crippen LogP contribution >= 0.6 is 0 Å². The first-order chi connectivity index (χ1) is 11.6. The van der Waals surface area contributed by atoms with Gasteiger partial charge in [-0.15, -0.1) is 0 Å². The number of amides is 1. The number of nitrogens with two attached hydrogens (primary N) is 1. The van der Waals surface area contributed by atoms with Crippen molar-refractivity contribution in [1.29, 1.82) is 0 Å². The van der Waals surface area contributed by atoms with Gasteiger partial charge in [0, 0.05) is 0 Å². The van der Waals surface area contributed by atoms with Crippen LogP contribution in [0.2, 0.25) is 0 Å². The molecular weight excluding hydrogens is 365 g/mol. The van der Waals surface area contributed by atoms with Crippen molar-refractivity contribution in [3.63, 3.8) is 0 Å². The van der Waals surface area contributed by atoms with Gasteiger partial charge in [0.15, 0.2) is 0 Å². The van der Waals surface area contributed by atoms with Crippen molar-refractivity contribution in [3.05, 3.63) is 71.9 Å². The molecule has 0 aromatic heterocycles. The van der Waals surface area contributed by atoms with E-state index < -0.39 is 0 Å². The molecule has 0 saturated heterocycles. The molecule has 1 aliphatic carbocycles. The number of quaternary nitrogens is 1. The normalized spacial score (nSPS) is 23.5. The van der Waals surface area contributed by atoms with Crippen molar-refractivity contribution >= 4 is 46.4 Å². The average molecular weight is 378 g/mol. The summed E-state index contributed by atoms with van der Waals surface area (Å²) >= 11 is 2.48. The molecule has 1 aromatic rings. The number of hydrogen-bond donors (Lipinski definition) is 2. The molecule has 1 amide bonds.